The molecule has 0 saturated heterocycles. The molecule has 3 aromatic rings. The van der Waals surface area contributed by atoms with Gasteiger partial charge in [-0.1, -0.05) is 11.6 Å². The number of nitrogens with zero attached hydrogens (tertiary/aromatic N) is 1. The molecule has 0 aliphatic carbocycles. The number of aromatic nitrogens is 1. The Kier molecular flexibility index (Phi) is 6.75. The number of ether oxygens (including phenoxy) is 1. The highest BCUT2D eigenvalue weighted by Crippen LogP contribution is 2.33. The van der Waals surface area contributed by atoms with Crippen LogP contribution in [0.15, 0.2) is 59.5 Å². The third kappa shape index (κ3) is 5.04. The molecule has 3 rings (SSSR count). The highest BCUT2D eigenvalue weighted by Gasteiger charge is 2.17. The van der Waals surface area contributed by atoms with Crippen molar-refractivity contribution in [3.63, 3.8) is 0 Å². The number of halogens is 1. The average Bonchev–Trinajstić information content (AvgIpc) is 2.74. The van der Waals surface area contributed by atoms with E-state index >= 15 is 0 Å². The van der Waals surface area contributed by atoms with Crippen LogP contribution in [0.5, 0.6) is 5.75 Å². The fourth-order valence-electron chi connectivity index (χ4n) is 3.15. The minimum atomic E-state index is -1.07. The summed E-state index contributed by atoms with van der Waals surface area (Å²) in [4.78, 5) is 48.0. The van der Waals surface area contributed by atoms with Crippen LogP contribution in [0.25, 0.3) is 11.1 Å². The SMILES string of the molecule is COc1cn(CC(=O)Nc2ccc(C(=O)O)cc2)c(=O)cc1-c1cc(Cl)ccc1C(C)=O. The van der Waals surface area contributed by atoms with Crippen LogP contribution in [0, 0.1) is 0 Å². The maximum absolute atomic E-state index is 12.7. The Morgan fingerprint density at radius 3 is 2.34 bits per heavy atom. The van der Waals surface area contributed by atoms with E-state index in [1.807, 2.05) is 0 Å². The average molecular weight is 455 g/mol. The van der Waals surface area contributed by atoms with Gasteiger partial charge in [-0.2, -0.15) is 0 Å². The number of carbonyl (C=O) groups excluding carboxylic acids is 2. The van der Waals surface area contributed by atoms with E-state index in [2.05, 4.69) is 5.32 Å². The standard InChI is InChI=1S/C23H19ClN2O6/c1-13(27)17-8-5-15(24)9-18(17)19-10-22(29)26(11-20(19)32-2)12-21(28)25-16-6-3-14(4-7-16)23(30)31/h3-11H,12H2,1-2H3,(H,25,28)(H,30,31). The molecule has 1 aromatic heterocycles. The number of carboxylic acids is 1. The molecule has 2 N–H and O–H groups in total. The lowest BCUT2D eigenvalue weighted by atomic mass is 9.97. The number of amides is 1. The molecule has 2 aromatic carbocycles. The van der Waals surface area contributed by atoms with Gasteiger partial charge in [-0.25, -0.2) is 4.79 Å². The summed E-state index contributed by atoms with van der Waals surface area (Å²) in [5, 5.41) is 11.9. The van der Waals surface area contributed by atoms with E-state index in [0.29, 0.717) is 27.4 Å². The molecule has 0 atom stereocenters. The Morgan fingerprint density at radius 2 is 1.75 bits per heavy atom. The molecule has 0 saturated carbocycles. The number of hydrogen-bond acceptors (Lipinski definition) is 5. The molecule has 9 heteroatoms. The molecule has 0 bridgehead atoms. The first-order valence-electron chi connectivity index (χ1n) is 9.42. The minimum absolute atomic E-state index is 0.0884. The summed E-state index contributed by atoms with van der Waals surface area (Å²) in [5.41, 5.74) is 1.21. The first-order chi connectivity index (χ1) is 15.2. The Bertz CT molecular complexity index is 1260. The van der Waals surface area contributed by atoms with E-state index in [1.165, 1.54) is 55.1 Å². The molecule has 1 heterocycles. The van der Waals surface area contributed by atoms with Gasteiger partial charge in [0.25, 0.3) is 5.56 Å². The van der Waals surface area contributed by atoms with Crippen molar-refractivity contribution in [3.8, 4) is 16.9 Å². The van der Waals surface area contributed by atoms with E-state index in [-0.39, 0.29) is 23.6 Å². The van der Waals surface area contributed by atoms with Crippen LogP contribution in [0.1, 0.15) is 27.6 Å². The number of methoxy groups -OCH3 is 1. The summed E-state index contributed by atoms with van der Waals surface area (Å²) >= 11 is 6.09. The molecule has 8 nitrogen and oxygen atoms in total. The molecule has 1 amide bonds. The quantitative estimate of drug-likeness (QED) is 0.526. The highest BCUT2D eigenvalue weighted by atomic mass is 35.5. The third-order valence-electron chi connectivity index (χ3n) is 4.69. The zero-order valence-electron chi connectivity index (χ0n) is 17.2. The minimum Gasteiger partial charge on any atom is -0.495 e. The lowest BCUT2D eigenvalue weighted by Gasteiger charge is -2.15. The lowest BCUT2D eigenvalue weighted by molar-refractivity contribution is -0.116. The maximum Gasteiger partial charge on any atom is 0.335 e. The smallest absolute Gasteiger partial charge is 0.335 e. The second-order valence-electron chi connectivity index (χ2n) is 6.90. The predicted molar refractivity (Wildman–Crippen MR) is 120 cm³/mol. The number of rotatable bonds is 7. The number of anilines is 1. The van der Waals surface area contributed by atoms with E-state index in [9.17, 15) is 19.2 Å². The van der Waals surface area contributed by atoms with Crippen LogP contribution in [0.2, 0.25) is 5.02 Å². The number of aromatic carboxylic acids is 1. The van der Waals surface area contributed by atoms with Gasteiger partial charge in [0, 0.05) is 27.9 Å². The van der Waals surface area contributed by atoms with Gasteiger partial charge in [0.05, 0.1) is 18.9 Å². The molecular formula is C23H19ClN2O6. The van der Waals surface area contributed by atoms with Gasteiger partial charge in [-0.05, 0) is 55.0 Å². The van der Waals surface area contributed by atoms with Gasteiger partial charge in [-0.15, -0.1) is 0 Å². The monoisotopic (exact) mass is 454 g/mol. The Labute approximate surface area is 188 Å². The zero-order valence-corrected chi connectivity index (χ0v) is 18.0. The second-order valence-corrected chi connectivity index (χ2v) is 7.33. The second kappa shape index (κ2) is 9.49. The third-order valence-corrected chi connectivity index (χ3v) is 4.93. The first kappa shape index (κ1) is 22.8. The molecule has 0 radical (unpaired) electrons. The predicted octanol–water partition coefficient (Wildman–Crippen LogP) is 3.72. The van der Waals surface area contributed by atoms with Crippen LogP contribution in [-0.4, -0.2) is 34.4 Å². The first-order valence-corrected chi connectivity index (χ1v) is 9.80. The Hall–Kier alpha value is -3.91. The number of ketones is 1. The van der Waals surface area contributed by atoms with Crippen LogP contribution >= 0.6 is 11.6 Å². The number of benzene rings is 2. The topological polar surface area (TPSA) is 115 Å². The molecule has 0 aliphatic heterocycles. The van der Waals surface area contributed by atoms with Crippen LogP contribution in [0.4, 0.5) is 5.69 Å². The number of pyridine rings is 1. The summed E-state index contributed by atoms with van der Waals surface area (Å²) in [6.45, 7) is 1.11. The lowest BCUT2D eigenvalue weighted by Crippen LogP contribution is -2.27. The van der Waals surface area contributed by atoms with Gasteiger partial charge >= 0.3 is 5.97 Å². The van der Waals surface area contributed by atoms with Crippen LogP contribution < -0.4 is 15.6 Å². The van der Waals surface area contributed by atoms with Crippen molar-refractivity contribution in [3.05, 3.63) is 81.2 Å². The highest BCUT2D eigenvalue weighted by molar-refractivity contribution is 6.31. The fraction of sp³-hybridized carbons (Fsp3) is 0.130. The summed E-state index contributed by atoms with van der Waals surface area (Å²) in [6, 6.07) is 11.7. The Morgan fingerprint density at radius 1 is 1.06 bits per heavy atom. The van der Waals surface area contributed by atoms with Gasteiger partial charge in [0.2, 0.25) is 5.91 Å². The largest absolute Gasteiger partial charge is 0.495 e. The van der Waals surface area contributed by atoms with Crippen molar-refractivity contribution in [1.29, 1.82) is 0 Å². The summed E-state index contributed by atoms with van der Waals surface area (Å²) in [6.07, 6.45) is 1.38. The summed E-state index contributed by atoms with van der Waals surface area (Å²) in [5.74, 6) is -1.48. The van der Waals surface area contributed by atoms with Crippen molar-refractivity contribution in [2.45, 2.75) is 13.5 Å². The maximum atomic E-state index is 12.7. The number of Topliss-reactive ketones (excluding diaryl/α,β-unsaturated/α-hetero) is 1. The van der Waals surface area contributed by atoms with Gasteiger partial charge in [0.1, 0.15) is 12.3 Å². The molecule has 0 unspecified atom stereocenters. The number of carboxylic acid groups (broad SMARTS) is 1. The van der Waals surface area contributed by atoms with Gasteiger partial charge in [0.15, 0.2) is 5.78 Å². The molecule has 0 spiro atoms. The normalized spacial score (nSPS) is 10.5. The van der Waals surface area contributed by atoms with Crippen molar-refractivity contribution in [1.82, 2.24) is 4.57 Å². The fourth-order valence-corrected chi connectivity index (χ4v) is 3.32. The molecule has 0 fully saturated rings. The van der Waals surface area contributed by atoms with E-state index in [4.69, 9.17) is 21.4 Å². The molecule has 164 valence electrons. The molecular weight excluding hydrogens is 436 g/mol. The number of carbonyl (C=O) groups is 3. The summed E-state index contributed by atoms with van der Waals surface area (Å²) in [7, 11) is 1.41. The van der Waals surface area contributed by atoms with Crippen LogP contribution in [0.3, 0.4) is 0 Å². The zero-order chi connectivity index (χ0) is 23.4. The van der Waals surface area contributed by atoms with E-state index in [1.54, 1.807) is 18.2 Å². The van der Waals surface area contributed by atoms with Crippen molar-refractivity contribution in [2.24, 2.45) is 0 Å². The van der Waals surface area contributed by atoms with Crippen molar-refractivity contribution < 1.29 is 24.2 Å². The molecule has 32 heavy (non-hydrogen) atoms. The van der Waals surface area contributed by atoms with Crippen LogP contribution in [-0.2, 0) is 11.3 Å². The van der Waals surface area contributed by atoms with E-state index in [0.717, 1.165) is 0 Å². The summed E-state index contributed by atoms with van der Waals surface area (Å²) < 4.78 is 6.57. The number of hydrogen-bond donors (Lipinski definition) is 2. The van der Waals surface area contributed by atoms with Gasteiger partial charge < -0.3 is 19.7 Å². The van der Waals surface area contributed by atoms with Crippen molar-refractivity contribution in [2.75, 3.05) is 12.4 Å². The Balaban J connectivity index is 1.89. The van der Waals surface area contributed by atoms with Crippen molar-refractivity contribution >= 4 is 34.9 Å². The van der Waals surface area contributed by atoms with E-state index < -0.39 is 17.4 Å². The molecule has 0 aliphatic rings. The number of nitrogens with one attached hydrogen (secondary N) is 1. The van der Waals surface area contributed by atoms with Gasteiger partial charge in [-0.3, -0.25) is 14.4 Å².